The van der Waals surface area contributed by atoms with Gasteiger partial charge in [0, 0.05) is 11.3 Å². The van der Waals surface area contributed by atoms with Gasteiger partial charge in [-0.1, -0.05) is 18.2 Å². The molecule has 1 heterocycles. The summed E-state index contributed by atoms with van der Waals surface area (Å²) < 4.78 is 5.14. The molecule has 2 amide bonds. The number of carbonyl (C=O) groups excluding carboxylic acids is 2. The zero-order chi connectivity index (χ0) is 20.1. The van der Waals surface area contributed by atoms with E-state index in [-0.39, 0.29) is 11.8 Å². The van der Waals surface area contributed by atoms with E-state index >= 15 is 0 Å². The predicted octanol–water partition coefficient (Wildman–Crippen LogP) is 1.29. The summed E-state index contributed by atoms with van der Waals surface area (Å²) in [6, 6.07) is 13.2. The first-order valence-corrected chi connectivity index (χ1v) is 9.61. The molecule has 0 aromatic heterocycles. The molecule has 148 valence electrons. The lowest BCUT2D eigenvalue weighted by Gasteiger charge is -2.32. The van der Waals surface area contributed by atoms with E-state index in [4.69, 9.17) is 4.74 Å². The minimum absolute atomic E-state index is 0.0160. The molecule has 2 aromatic carbocycles. The van der Waals surface area contributed by atoms with Crippen molar-refractivity contribution in [2.75, 3.05) is 45.2 Å². The molecular formula is C22H28N3O3+. The fraction of sp³-hybridized carbons (Fsp3) is 0.364. The van der Waals surface area contributed by atoms with Gasteiger partial charge in [-0.3, -0.25) is 9.59 Å². The van der Waals surface area contributed by atoms with Gasteiger partial charge in [-0.05, 0) is 49.2 Å². The number of ether oxygens (including phenoxy) is 1. The quantitative estimate of drug-likeness (QED) is 0.819. The Morgan fingerprint density at radius 1 is 1.04 bits per heavy atom. The van der Waals surface area contributed by atoms with Gasteiger partial charge < -0.3 is 19.9 Å². The van der Waals surface area contributed by atoms with Crippen LogP contribution in [-0.2, 0) is 4.79 Å². The van der Waals surface area contributed by atoms with Gasteiger partial charge in [-0.15, -0.1) is 0 Å². The minimum atomic E-state index is 0.0160. The van der Waals surface area contributed by atoms with Crippen LogP contribution < -0.4 is 15.0 Å². The highest BCUT2D eigenvalue weighted by Crippen LogP contribution is 2.19. The Bertz CT molecular complexity index is 820. The summed E-state index contributed by atoms with van der Waals surface area (Å²) in [7, 11) is 1.61. The van der Waals surface area contributed by atoms with Crippen LogP contribution in [0.1, 0.15) is 21.5 Å². The summed E-state index contributed by atoms with van der Waals surface area (Å²) in [4.78, 5) is 28.2. The highest BCUT2D eigenvalue weighted by Gasteiger charge is 2.26. The van der Waals surface area contributed by atoms with Crippen LogP contribution in [0.2, 0.25) is 0 Å². The molecule has 1 aliphatic rings. The first kappa shape index (κ1) is 19.9. The molecule has 3 rings (SSSR count). The second-order valence-electron chi connectivity index (χ2n) is 7.26. The zero-order valence-electron chi connectivity index (χ0n) is 16.7. The first-order valence-electron chi connectivity index (χ1n) is 9.61. The summed E-state index contributed by atoms with van der Waals surface area (Å²) in [6.07, 6.45) is 0. The topological polar surface area (TPSA) is 63.1 Å². The van der Waals surface area contributed by atoms with Crippen LogP contribution >= 0.6 is 0 Å². The van der Waals surface area contributed by atoms with Crippen molar-refractivity contribution in [2.45, 2.75) is 13.8 Å². The Hall–Kier alpha value is -2.86. The molecule has 28 heavy (non-hydrogen) atoms. The summed E-state index contributed by atoms with van der Waals surface area (Å²) in [5, 5.41) is 3.04. The van der Waals surface area contributed by atoms with E-state index in [0.717, 1.165) is 35.7 Å². The molecule has 0 aliphatic carbocycles. The number of nitrogens with one attached hydrogen (secondary N) is 2. The first-order chi connectivity index (χ1) is 13.5. The molecular weight excluding hydrogens is 354 g/mol. The fourth-order valence-electron chi connectivity index (χ4n) is 3.54. The lowest BCUT2D eigenvalue weighted by atomic mass is 10.1. The van der Waals surface area contributed by atoms with Crippen molar-refractivity contribution in [3.63, 3.8) is 0 Å². The standard InChI is InChI=1S/C22H27N3O3/c1-16-5-4-6-17(2)21(16)23-20(26)15-24-11-13-25(14-12-24)22(27)18-7-9-19(28-3)10-8-18/h4-10H,11-15H2,1-3H3,(H,23,26)/p+1. The van der Waals surface area contributed by atoms with Crippen LogP contribution in [0.15, 0.2) is 42.5 Å². The molecule has 0 unspecified atom stereocenters. The Balaban J connectivity index is 1.50. The van der Waals surface area contributed by atoms with Crippen molar-refractivity contribution < 1.29 is 19.2 Å². The van der Waals surface area contributed by atoms with Crippen molar-refractivity contribution in [1.29, 1.82) is 0 Å². The number of benzene rings is 2. The van der Waals surface area contributed by atoms with Gasteiger partial charge in [0.25, 0.3) is 11.8 Å². The third kappa shape index (κ3) is 4.70. The second kappa shape index (κ2) is 8.89. The van der Waals surface area contributed by atoms with Gasteiger partial charge >= 0.3 is 0 Å². The zero-order valence-corrected chi connectivity index (χ0v) is 16.7. The van der Waals surface area contributed by atoms with E-state index in [2.05, 4.69) is 5.32 Å². The number of hydrogen-bond acceptors (Lipinski definition) is 3. The predicted molar refractivity (Wildman–Crippen MR) is 109 cm³/mol. The molecule has 1 saturated heterocycles. The summed E-state index contributed by atoms with van der Waals surface area (Å²) in [5.41, 5.74) is 3.70. The number of piperazine rings is 1. The van der Waals surface area contributed by atoms with Crippen LogP contribution in [-0.4, -0.2) is 56.5 Å². The van der Waals surface area contributed by atoms with Gasteiger partial charge in [0.2, 0.25) is 0 Å². The number of methoxy groups -OCH3 is 1. The third-order valence-electron chi connectivity index (χ3n) is 5.25. The number of anilines is 1. The summed E-state index contributed by atoms with van der Waals surface area (Å²) in [6.45, 7) is 7.24. The second-order valence-corrected chi connectivity index (χ2v) is 7.26. The van der Waals surface area contributed by atoms with E-state index in [0.29, 0.717) is 25.2 Å². The van der Waals surface area contributed by atoms with Crippen LogP contribution in [0.4, 0.5) is 5.69 Å². The molecule has 1 aliphatic heterocycles. The number of para-hydroxylation sites is 1. The van der Waals surface area contributed by atoms with Crippen molar-refractivity contribution in [1.82, 2.24) is 4.90 Å². The molecule has 0 saturated carbocycles. The Labute approximate surface area is 166 Å². The van der Waals surface area contributed by atoms with E-state index in [1.807, 2.05) is 36.9 Å². The van der Waals surface area contributed by atoms with Crippen molar-refractivity contribution in [2.24, 2.45) is 0 Å². The number of nitrogens with zero attached hydrogens (tertiary/aromatic N) is 1. The molecule has 0 bridgehead atoms. The van der Waals surface area contributed by atoms with Gasteiger partial charge in [0.1, 0.15) is 5.75 Å². The molecule has 2 aromatic rings. The largest absolute Gasteiger partial charge is 0.497 e. The molecule has 6 heteroatoms. The van der Waals surface area contributed by atoms with Crippen LogP contribution in [0.25, 0.3) is 0 Å². The van der Waals surface area contributed by atoms with Crippen LogP contribution in [0, 0.1) is 13.8 Å². The van der Waals surface area contributed by atoms with Crippen molar-refractivity contribution >= 4 is 17.5 Å². The highest BCUT2D eigenvalue weighted by molar-refractivity contribution is 5.94. The van der Waals surface area contributed by atoms with Gasteiger partial charge in [-0.2, -0.15) is 0 Å². The van der Waals surface area contributed by atoms with Gasteiger partial charge in [0.15, 0.2) is 6.54 Å². The van der Waals surface area contributed by atoms with Crippen LogP contribution in [0.3, 0.4) is 0 Å². The van der Waals surface area contributed by atoms with E-state index in [1.165, 1.54) is 4.90 Å². The Morgan fingerprint density at radius 3 is 2.21 bits per heavy atom. The average Bonchev–Trinajstić information content (AvgIpc) is 2.71. The van der Waals surface area contributed by atoms with E-state index in [1.54, 1.807) is 31.4 Å². The monoisotopic (exact) mass is 382 g/mol. The molecule has 0 radical (unpaired) electrons. The van der Waals surface area contributed by atoms with Gasteiger partial charge in [-0.25, -0.2) is 0 Å². The number of aryl methyl sites for hydroxylation is 2. The smallest absolute Gasteiger partial charge is 0.279 e. The maximum Gasteiger partial charge on any atom is 0.279 e. The maximum atomic E-state index is 12.6. The lowest BCUT2D eigenvalue weighted by Crippen LogP contribution is -3.15. The number of hydrogen-bond donors (Lipinski definition) is 2. The fourth-order valence-corrected chi connectivity index (χ4v) is 3.54. The molecule has 2 N–H and O–H groups in total. The maximum absolute atomic E-state index is 12.6. The molecule has 6 nitrogen and oxygen atoms in total. The highest BCUT2D eigenvalue weighted by atomic mass is 16.5. The van der Waals surface area contributed by atoms with Crippen LogP contribution in [0.5, 0.6) is 5.75 Å². The Morgan fingerprint density at radius 2 is 1.64 bits per heavy atom. The average molecular weight is 382 g/mol. The molecule has 0 atom stereocenters. The summed E-state index contributed by atoms with van der Waals surface area (Å²) in [5.74, 6) is 0.782. The van der Waals surface area contributed by atoms with E-state index < -0.39 is 0 Å². The third-order valence-corrected chi connectivity index (χ3v) is 5.25. The Kier molecular flexibility index (Phi) is 6.31. The minimum Gasteiger partial charge on any atom is -0.497 e. The number of rotatable bonds is 5. The number of amides is 2. The van der Waals surface area contributed by atoms with Crippen molar-refractivity contribution in [3.05, 3.63) is 59.2 Å². The normalized spacial score (nSPS) is 14.6. The van der Waals surface area contributed by atoms with Gasteiger partial charge in [0.05, 0.1) is 33.3 Å². The summed E-state index contributed by atoms with van der Waals surface area (Å²) >= 11 is 0. The van der Waals surface area contributed by atoms with Crippen molar-refractivity contribution in [3.8, 4) is 5.75 Å². The SMILES string of the molecule is COc1ccc(C(=O)N2CC[NH+](CC(=O)Nc3c(C)cccc3C)CC2)cc1. The lowest BCUT2D eigenvalue weighted by molar-refractivity contribution is -0.895. The van der Waals surface area contributed by atoms with E-state index in [9.17, 15) is 9.59 Å². The molecule has 0 spiro atoms. The number of quaternary nitrogens is 1. The molecule has 1 fully saturated rings. The number of carbonyl (C=O) groups is 2.